The second kappa shape index (κ2) is 6.69. The van der Waals surface area contributed by atoms with Crippen molar-refractivity contribution in [2.75, 3.05) is 0 Å². The van der Waals surface area contributed by atoms with Crippen molar-refractivity contribution in [1.29, 1.82) is 0 Å². The monoisotopic (exact) mass is 337 g/mol. The summed E-state index contributed by atoms with van der Waals surface area (Å²) in [4.78, 5) is 2.87. The van der Waals surface area contributed by atoms with Gasteiger partial charge in [0.1, 0.15) is 0 Å². The van der Waals surface area contributed by atoms with Crippen molar-refractivity contribution in [3.8, 4) is 0 Å². The summed E-state index contributed by atoms with van der Waals surface area (Å²) in [5.41, 5.74) is 1.31. The van der Waals surface area contributed by atoms with Crippen LogP contribution in [0.3, 0.4) is 0 Å². The van der Waals surface area contributed by atoms with Gasteiger partial charge in [-0.05, 0) is 44.0 Å². The molecule has 1 unspecified atom stereocenters. The molecule has 0 saturated carbocycles. The molecule has 0 aliphatic heterocycles. The zero-order valence-electron chi connectivity index (χ0n) is 11.6. The highest BCUT2D eigenvalue weighted by Crippen LogP contribution is 2.28. The second-order valence-electron chi connectivity index (χ2n) is 4.79. The lowest BCUT2D eigenvalue weighted by Crippen LogP contribution is -2.22. The summed E-state index contributed by atoms with van der Waals surface area (Å²) in [6, 6.07) is 13.6. The van der Waals surface area contributed by atoms with E-state index in [9.17, 15) is 0 Å². The van der Waals surface area contributed by atoms with Crippen LogP contribution in [0.1, 0.15) is 48.2 Å². The van der Waals surface area contributed by atoms with Gasteiger partial charge in [0.05, 0.1) is 0 Å². The lowest BCUT2D eigenvalue weighted by molar-refractivity contribution is 0.499. The van der Waals surface area contributed by atoms with Gasteiger partial charge in [0.2, 0.25) is 0 Å². The first kappa shape index (κ1) is 14.8. The summed E-state index contributed by atoms with van der Waals surface area (Å²) >= 11 is 5.53. The van der Waals surface area contributed by atoms with E-state index in [0.717, 1.165) is 6.42 Å². The predicted molar refractivity (Wildman–Crippen MR) is 87.8 cm³/mol. The zero-order valence-corrected chi connectivity index (χ0v) is 14.0. The van der Waals surface area contributed by atoms with Crippen molar-refractivity contribution in [1.82, 2.24) is 5.32 Å². The fourth-order valence-electron chi connectivity index (χ4n) is 2.19. The third kappa shape index (κ3) is 3.68. The van der Waals surface area contributed by atoms with Crippen molar-refractivity contribution in [2.45, 2.75) is 39.3 Å². The molecule has 1 N–H and O–H groups in total. The Balaban J connectivity index is 2.06. The van der Waals surface area contributed by atoms with Crippen LogP contribution in [-0.4, -0.2) is 0 Å². The van der Waals surface area contributed by atoms with Gasteiger partial charge in [-0.2, -0.15) is 0 Å². The molecule has 1 aromatic carbocycles. The molecule has 0 saturated heterocycles. The van der Waals surface area contributed by atoms with E-state index >= 15 is 0 Å². The zero-order chi connectivity index (χ0) is 13.8. The van der Waals surface area contributed by atoms with Crippen LogP contribution in [0.2, 0.25) is 0 Å². The number of hydrogen-bond donors (Lipinski definition) is 1. The Kier molecular flexibility index (Phi) is 5.20. The lowest BCUT2D eigenvalue weighted by Gasteiger charge is -2.20. The summed E-state index contributed by atoms with van der Waals surface area (Å²) in [7, 11) is 0. The lowest BCUT2D eigenvalue weighted by atomic mass is 10.1. The van der Waals surface area contributed by atoms with Crippen LogP contribution < -0.4 is 5.32 Å². The van der Waals surface area contributed by atoms with Gasteiger partial charge in [0.25, 0.3) is 0 Å². The summed E-state index contributed by atoms with van der Waals surface area (Å²) < 4.78 is 1.17. The largest absolute Gasteiger partial charge is 0.303 e. The van der Waals surface area contributed by atoms with E-state index in [2.05, 4.69) is 78.4 Å². The molecule has 0 aliphatic carbocycles. The van der Waals surface area contributed by atoms with Crippen LogP contribution in [0.4, 0.5) is 0 Å². The van der Waals surface area contributed by atoms with Crippen molar-refractivity contribution in [3.05, 3.63) is 56.2 Å². The van der Waals surface area contributed by atoms with Gasteiger partial charge in [-0.25, -0.2) is 0 Å². The average molecular weight is 338 g/mol. The van der Waals surface area contributed by atoms with E-state index in [1.807, 2.05) is 11.3 Å². The molecule has 2 atom stereocenters. The van der Waals surface area contributed by atoms with Gasteiger partial charge in [-0.3, -0.25) is 0 Å². The molecule has 1 aromatic heterocycles. The molecule has 0 spiro atoms. The van der Waals surface area contributed by atoms with E-state index in [1.165, 1.54) is 19.8 Å². The Hall–Kier alpha value is -0.640. The first-order valence-corrected chi connectivity index (χ1v) is 8.31. The first-order valence-electron chi connectivity index (χ1n) is 6.71. The summed E-state index contributed by atoms with van der Waals surface area (Å²) in [6.07, 6.45) is 1.12. The Morgan fingerprint density at radius 2 is 1.84 bits per heavy atom. The van der Waals surface area contributed by atoms with E-state index in [1.54, 1.807) is 0 Å². The van der Waals surface area contributed by atoms with Gasteiger partial charge >= 0.3 is 0 Å². The maximum Gasteiger partial charge on any atom is 0.0391 e. The molecule has 0 radical (unpaired) electrons. The highest BCUT2D eigenvalue weighted by molar-refractivity contribution is 9.10. The van der Waals surface area contributed by atoms with Gasteiger partial charge in [-0.15, -0.1) is 11.3 Å². The molecule has 19 heavy (non-hydrogen) atoms. The first-order chi connectivity index (χ1) is 9.11. The average Bonchev–Trinajstić information content (AvgIpc) is 2.88. The van der Waals surface area contributed by atoms with E-state index in [-0.39, 0.29) is 0 Å². The normalized spacial score (nSPS) is 14.3. The highest BCUT2D eigenvalue weighted by Gasteiger charge is 2.14. The highest BCUT2D eigenvalue weighted by atomic mass is 79.9. The summed E-state index contributed by atoms with van der Waals surface area (Å²) in [5, 5.41) is 3.67. The van der Waals surface area contributed by atoms with Gasteiger partial charge in [0, 0.05) is 26.3 Å². The van der Waals surface area contributed by atoms with Crippen LogP contribution in [0.5, 0.6) is 0 Å². The van der Waals surface area contributed by atoms with E-state index in [0.29, 0.717) is 12.1 Å². The maximum absolute atomic E-state index is 3.67. The quantitative estimate of drug-likeness (QED) is 0.761. The van der Waals surface area contributed by atoms with Crippen molar-refractivity contribution in [3.63, 3.8) is 0 Å². The minimum Gasteiger partial charge on any atom is -0.303 e. The smallest absolute Gasteiger partial charge is 0.0391 e. The molecule has 0 bridgehead atoms. The fourth-order valence-corrected chi connectivity index (χ4v) is 3.78. The standard InChI is InChI=1S/C16H20BrNS/c1-4-13-9-10-16(19-13)12(3)18-11(2)14-7-5-6-8-15(14)17/h5-12,18H,4H2,1-3H3/t11-,12?/m1/s1. The predicted octanol–water partition coefficient (Wildman–Crippen LogP) is 5.48. The van der Waals surface area contributed by atoms with E-state index in [4.69, 9.17) is 0 Å². The second-order valence-corrected chi connectivity index (χ2v) is 6.84. The molecule has 1 nitrogen and oxygen atoms in total. The SMILES string of the molecule is CCc1ccc(C(C)N[C@H](C)c2ccccc2Br)s1. The van der Waals surface area contributed by atoms with Crippen LogP contribution >= 0.6 is 27.3 Å². The summed E-state index contributed by atoms with van der Waals surface area (Å²) in [6.45, 7) is 6.65. The van der Waals surface area contributed by atoms with Gasteiger partial charge in [0.15, 0.2) is 0 Å². The number of thiophene rings is 1. The molecular weight excluding hydrogens is 318 g/mol. The summed E-state index contributed by atoms with van der Waals surface area (Å²) in [5.74, 6) is 0. The molecule has 1 heterocycles. The maximum atomic E-state index is 3.67. The molecule has 3 heteroatoms. The van der Waals surface area contributed by atoms with Crippen LogP contribution in [0.25, 0.3) is 0 Å². The molecule has 0 amide bonds. The Labute approximate surface area is 128 Å². The minimum absolute atomic E-state index is 0.331. The molecule has 0 fully saturated rings. The number of hydrogen-bond acceptors (Lipinski definition) is 2. The molecule has 102 valence electrons. The number of halogens is 1. The topological polar surface area (TPSA) is 12.0 Å². The van der Waals surface area contributed by atoms with Crippen LogP contribution in [0.15, 0.2) is 40.9 Å². The van der Waals surface area contributed by atoms with Crippen molar-refractivity contribution < 1.29 is 0 Å². The third-order valence-electron chi connectivity index (χ3n) is 3.33. The number of nitrogens with one attached hydrogen (secondary N) is 1. The molecule has 0 aliphatic rings. The van der Waals surface area contributed by atoms with Gasteiger partial charge < -0.3 is 5.32 Å². The Bertz CT molecular complexity index is 535. The third-order valence-corrected chi connectivity index (χ3v) is 5.46. The Morgan fingerprint density at radius 1 is 1.11 bits per heavy atom. The van der Waals surface area contributed by atoms with Crippen molar-refractivity contribution in [2.24, 2.45) is 0 Å². The van der Waals surface area contributed by atoms with Crippen LogP contribution in [-0.2, 0) is 6.42 Å². The fraction of sp³-hybridized carbons (Fsp3) is 0.375. The van der Waals surface area contributed by atoms with Crippen LogP contribution in [0, 0.1) is 0 Å². The molecule has 2 rings (SSSR count). The van der Waals surface area contributed by atoms with Gasteiger partial charge in [-0.1, -0.05) is 41.1 Å². The molecular formula is C16H20BrNS. The minimum atomic E-state index is 0.331. The number of aryl methyl sites for hydroxylation is 1. The van der Waals surface area contributed by atoms with Crippen molar-refractivity contribution >= 4 is 27.3 Å². The van der Waals surface area contributed by atoms with E-state index < -0.39 is 0 Å². The number of benzene rings is 1. The Morgan fingerprint density at radius 3 is 2.47 bits per heavy atom. The number of rotatable bonds is 5. The molecule has 2 aromatic rings.